The Morgan fingerprint density at radius 2 is 1.86 bits per heavy atom. The summed E-state index contributed by atoms with van der Waals surface area (Å²) in [7, 11) is 0. The van der Waals surface area contributed by atoms with Gasteiger partial charge in [-0.1, -0.05) is 12.1 Å². The minimum Gasteiger partial charge on any atom is -0.267 e. The molecule has 28 heavy (non-hydrogen) atoms. The third-order valence-corrected chi connectivity index (χ3v) is 4.35. The van der Waals surface area contributed by atoms with E-state index in [9.17, 15) is 31.1 Å². The van der Waals surface area contributed by atoms with Crippen LogP contribution in [-0.4, -0.2) is 33.8 Å². The highest BCUT2D eigenvalue weighted by Gasteiger charge is 2.44. The summed E-state index contributed by atoms with van der Waals surface area (Å²) in [6, 6.07) is 4.16. The maximum atomic E-state index is 13.9. The van der Waals surface area contributed by atoms with Gasteiger partial charge in [0.15, 0.2) is 11.6 Å². The molecule has 2 heterocycles. The summed E-state index contributed by atoms with van der Waals surface area (Å²) in [5, 5.41) is 4.48. The second-order valence-electron chi connectivity index (χ2n) is 6.53. The highest BCUT2D eigenvalue weighted by atomic mass is 19.4. The topological polar surface area (TPSA) is 45.6 Å². The zero-order valence-corrected chi connectivity index (χ0v) is 14.4. The second-order valence-corrected chi connectivity index (χ2v) is 6.53. The fourth-order valence-electron chi connectivity index (χ4n) is 2.86. The molecule has 1 amide bonds. The summed E-state index contributed by atoms with van der Waals surface area (Å²) in [4.78, 5) is 15.9. The lowest BCUT2D eigenvalue weighted by atomic mass is 9.93. The number of carbonyl (C=O) groups is 1. The van der Waals surface area contributed by atoms with Crippen LogP contribution < -0.4 is 0 Å². The molecule has 1 atom stereocenters. The Hall–Kier alpha value is -2.91. The Labute approximate surface area is 155 Å². The van der Waals surface area contributed by atoms with Crippen LogP contribution in [-0.2, 0) is 6.18 Å². The Kier molecular flexibility index (Phi) is 4.90. The minimum absolute atomic E-state index is 0.00512. The molecule has 4 nitrogen and oxygen atoms in total. The van der Waals surface area contributed by atoms with Gasteiger partial charge in [0, 0.05) is 6.42 Å². The van der Waals surface area contributed by atoms with E-state index in [0.29, 0.717) is 17.4 Å². The van der Waals surface area contributed by atoms with Gasteiger partial charge >= 0.3 is 6.18 Å². The molecule has 1 aromatic carbocycles. The van der Waals surface area contributed by atoms with Crippen molar-refractivity contribution in [3.8, 4) is 0 Å². The van der Waals surface area contributed by atoms with Gasteiger partial charge in [-0.15, -0.1) is 0 Å². The monoisotopic (exact) mass is 401 g/mol. The summed E-state index contributed by atoms with van der Waals surface area (Å²) in [5.74, 6) is -3.76. The van der Waals surface area contributed by atoms with Gasteiger partial charge in [0.1, 0.15) is 12.2 Å². The van der Waals surface area contributed by atoms with Crippen LogP contribution in [0, 0.1) is 11.6 Å². The van der Waals surface area contributed by atoms with Gasteiger partial charge in [0.2, 0.25) is 0 Å². The zero-order valence-electron chi connectivity index (χ0n) is 14.4. The van der Waals surface area contributed by atoms with Gasteiger partial charge in [-0.3, -0.25) is 9.78 Å². The van der Waals surface area contributed by atoms with Gasteiger partial charge in [0.25, 0.3) is 5.91 Å². The number of pyridine rings is 1. The van der Waals surface area contributed by atoms with E-state index in [2.05, 4.69) is 10.1 Å². The first-order chi connectivity index (χ1) is 13.1. The molecule has 1 unspecified atom stereocenters. The van der Waals surface area contributed by atoms with Gasteiger partial charge in [-0.2, -0.15) is 18.3 Å². The van der Waals surface area contributed by atoms with Crippen LogP contribution in [0.2, 0.25) is 0 Å². The molecule has 3 rings (SSSR count). The van der Waals surface area contributed by atoms with Crippen LogP contribution in [0.3, 0.4) is 0 Å². The van der Waals surface area contributed by atoms with Gasteiger partial charge in [-0.05, 0) is 24.6 Å². The Morgan fingerprint density at radius 3 is 2.43 bits per heavy atom. The summed E-state index contributed by atoms with van der Waals surface area (Å²) in [5.41, 5.74) is -3.49. The molecule has 0 radical (unpaired) electrons. The number of carbonyl (C=O) groups excluding carboxylic acids is 1. The lowest BCUT2D eigenvalue weighted by Gasteiger charge is -2.29. The van der Waals surface area contributed by atoms with E-state index in [1.807, 2.05) is 0 Å². The molecule has 2 aromatic rings. The minimum atomic E-state index is -4.60. The number of amides is 1. The first-order valence-electron chi connectivity index (χ1n) is 8.01. The lowest BCUT2D eigenvalue weighted by molar-refractivity contribution is -0.137. The van der Waals surface area contributed by atoms with E-state index in [0.717, 1.165) is 18.2 Å². The number of hydrazone groups is 1. The third kappa shape index (κ3) is 3.46. The zero-order chi connectivity index (χ0) is 20.7. The molecule has 0 aliphatic carbocycles. The van der Waals surface area contributed by atoms with Crippen LogP contribution in [0.4, 0.5) is 26.3 Å². The Morgan fingerprint density at radius 1 is 1.21 bits per heavy atom. The van der Waals surface area contributed by atoms with Crippen molar-refractivity contribution in [2.24, 2.45) is 5.10 Å². The standard InChI is InChI=1S/C18H13F6N3O/c1-17(9-19)6-14(10-3-2-4-11(5-10)18(22,23)24)26-27(17)16(28)15-12(20)7-25-8-13(15)21/h2-5,7-8H,6,9H2,1H3. The number of halogens is 6. The lowest BCUT2D eigenvalue weighted by Crippen LogP contribution is -2.45. The first kappa shape index (κ1) is 19.8. The van der Waals surface area contributed by atoms with E-state index >= 15 is 0 Å². The first-order valence-corrected chi connectivity index (χ1v) is 8.01. The van der Waals surface area contributed by atoms with Crippen LogP contribution in [0.25, 0.3) is 0 Å². The molecule has 0 fully saturated rings. The number of benzene rings is 1. The summed E-state index contributed by atoms with van der Waals surface area (Å²) >= 11 is 0. The van der Waals surface area contributed by atoms with Gasteiger partial charge < -0.3 is 0 Å². The molecule has 0 bridgehead atoms. The molecule has 0 N–H and O–H groups in total. The SMILES string of the molecule is CC1(CF)CC(c2cccc(C(F)(F)F)c2)=NN1C(=O)c1c(F)cncc1F. The second kappa shape index (κ2) is 6.92. The maximum absolute atomic E-state index is 13.9. The number of rotatable bonds is 3. The quantitative estimate of drug-likeness (QED) is 0.718. The highest BCUT2D eigenvalue weighted by molar-refractivity contribution is 6.05. The van der Waals surface area contributed by atoms with Crippen molar-refractivity contribution in [2.75, 3.05) is 6.67 Å². The van der Waals surface area contributed by atoms with Crippen LogP contribution >= 0.6 is 0 Å². The van der Waals surface area contributed by atoms with E-state index in [1.54, 1.807) is 0 Å². The van der Waals surface area contributed by atoms with Crippen molar-refractivity contribution in [3.63, 3.8) is 0 Å². The van der Waals surface area contributed by atoms with Crippen molar-refractivity contribution in [3.05, 3.63) is 65.0 Å². The smallest absolute Gasteiger partial charge is 0.267 e. The largest absolute Gasteiger partial charge is 0.416 e. The normalized spacial score (nSPS) is 19.7. The summed E-state index contributed by atoms with van der Waals surface area (Å²) in [6.45, 7) is 0.158. The fraction of sp³-hybridized carbons (Fsp3) is 0.278. The summed E-state index contributed by atoms with van der Waals surface area (Å²) < 4.78 is 80.3. The maximum Gasteiger partial charge on any atom is 0.416 e. The molecule has 1 aromatic heterocycles. The van der Waals surface area contributed by atoms with Gasteiger partial charge in [0.05, 0.1) is 29.2 Å². The highest BCUT2D eigenvalue weighted by Crippen LogP contribution is 2.35. The van der Waals surface area contributed by atoms with E-state index in [4.69, 9.17) is 0 Å². The molecule has 0 saturated heterocycles. The molecule has 0 saturated carbocycles. The van der Waals surface area contributed by atoms with Crippen LogP contribution in [0.15, 0.2) is 41.8 Å². The fourth-order valence-corrected chi connectivity index (χ4v) is 2.86. The van der Waals surface area contributed by atoms with Crippen molar-refractivity contribution < 1.29 is 31.1 Å². The summed E-state index contributed by atoms with van der Waals surface area (Å²) in [6.07, 6.45) is -3.59. The average Bonchev–Trinajstić information content (AvgIpc) is 2.99. The van der Waals surface area contributed by atoms with Crippen molar-refractivity contribution in [1.82, 2.24) is 9.99 Å². The van der Waals surface area contributed by atoms with Crippen LogP contribution in [0.5, 0.6) is 0 Å². The predicted molar refractivity (Wildman–Crippen MR) is 87.3 cm³/mol. The molecule has 10 heteroatoms. The number of hydrogen-bond acceptors (Lipinski definition) is 3. The molecular weight excluding hydrogens is 388 g/mol. The van der Waals surface area contributed by atoms with E-state index in [-0.39, 0.29) is 17.7 Å². The molecule has 148 valence electrons. The molecular formula is C18H13F6N3O. The Bertz CT molecular complexity index is 938. The predicted octanol–water partition coefficient (Wildman–Crippen LogP) is 4.36. The third-order valence-electron chi connectivity index (χ3n) is 4.35. The molecule has 1 aliphatic rings. The van der Waals surface area contributed by atoms with Crippen molar-refractivity contribution in [1.29, 1.82) is 0 Å². The number of hydrogen-bond donors (Lipinski definition) is 0. The van der Waals surface area contributed by atoms with Crippen molar-refractivity contribution >= 4 is 11.6 Å². The van der Waals surface area contributed by atoms with Gasteiger partial charge in [-0.25, -0.2) is 18.2 Å². The average molecular weight is 401 g/mol. The number of aromatic nitrogens is 1. The Balaban J connectivity index is 2.04. The molecule has 1 aliphatic heterocycles. The molecule has 0 spiro atoms. The van der Waals surface area contributed by atoms with Crippen molar-refractivity contribution in [2.45, 2.75) is 25.1 Å². The number of nitrogens with zero attached hydrogens (tertiary/aromatic N) is 3. The van der Waals surface area contributed by atoms with E-state index in [1.165, 1.54) is 13.0 Å². The van der Waals surface area contributed by atoms with Crippen LogP contribution in [0.1, 0.15) is 34.8 Å². The van der Waals surface area contributed by atoms with E-state index < -0.39 is 47.1 Å². The number of alkyl halides is 4.